The third-order valence-electron chi connectivity index (χ3n) is 2.47. The lowest BCUT2D eigenvalue weighted by molar-refractivity contribution is -0.127. The molecule has 0 aliphatic carbocycles. The van der Waals surface area contributed by atoms with E-state index in [2.05, 4.69) is 10.6 Å². The van der Waals surface area contributed by atoms with Crippen LogP contribution in [0.4, 0.5) is 0 Å². The zero-order valence-corrected chi connectivity index (χ0v) is 13.2. The molecule has 2 N–H and O–H groups in total. The van der Waals surface area contributed by atoms with Gasteiger partial charge in [0.15, 0.2) is 0 Å². The number of carbonyl (C=O) groups is 2. The van der Waals surface area contributed by atoms with E-state index >= 15 is 0 Å². The van der Waals surface area contributed by atoms with E-state index < -0.39 is 6.04 Å². The Labute approximate surface area is 128 Å². The molecule has 110 valence electrons. The molecule has 20 heavy (non-hydrogen) atoms. The first-order valence-electron chi connectivity index (χ1n) is 6.46. The van der Waals surface area contributed by atoms with Crippen LogP contribution in [0.2, 0.25) is 5.02 Å². The number of hydrogen-bond donors (Lipinski definition) is 2. The number of rotatable bonds is 7. The zero-order chi connectivity index (χ0) is 15.0. The predicted molar refractivity (Wildman–Crippen MR) is 83.1 cm³/mol. The number of hydrogen-bond acceptors (Lipinski definition) is 3. The maximum atomic E-state index is 12.0. The molecule has 6 heteroatoms. The number of benzene rings is 1. The highest BCUT2D eigenvalue weighted by atomic mass is 35.5. The van der Waals surface area contributed by atoms with Gasteiger partial charge in [0.25, 0.3) is 0 Å². The van der Waals surface area contributed by atoms with Gasteiger partial charge in [-0.2, -0.15) is 0 Å². The van der Waals surface area contributed by atoms with Crippen LogP contribution in [0.1, 0.15) is 20.3 Å². The summed E-state index contributed by atoms with van der Waals surface area (Å²) in [7, 11) is 0. The van der Waals surface area contributed by atoms with Crippen molar-refractivity contribution < 1.29 is 9.59 Å². The molecule has 0 aliphatic rings. The Bertz CT molecular complexity index is 451. The van der Waals surface area contributed by atoms with Crippen LogP contribution in [0.3, 0.4) is 0 Å². The summed E-state index contributed by atoms with van der Waals surface area (Å²) in [6, 6.07) is 6.85. The predicted octanol–water partition coefficient (Wildman–Crippen LogP) is 2.46. The van der Waals surface area contributed by atoms with Gasteiger partial charge in [0, 0.05) is 29.1 Å². The summed E-state index contributed by atoms with van der Waals surface area (Å²) in [6.45, 7) is 4.00. The van der Waals surface area contributed by atoms with Crippen molar-refractivity contribution in [3.8, 4) is 0 Å². The molecule has 2 amide bonds. The summed E-state index contributed by atoms with van der Waals surface area (Å²) >= 11 is 7.33. The number of halogens is 1. The topological polar surface area (TPSA) is 58.2 Å². The summed E-state index contributed by atoms with van der Waals surface area (Å²) in [6.07, 6.45) is 0.864. The van der Waals surface area contributed by atoms with Gasteiger partial charge < -0.3 is 10.6 Å². The highest BCUT2D eigenvalue weighted by Crippen LogP contribution is 2.21. The van der Waals surface area contributed by atoms with Crippen LogP contribution in [-0.2, 0) is 9.59 Å². The highest BCUT2D eigenvalue weighted by molar-refractivity contribution is 7.99. The summed E-state index contributed by atoms with van der Waals surface area (Å²) in [5.41, 5.74) is 0. The molecular weight excluding hydrogens is 296 g/mol. The smallest absolute Gasteiger partial charge is 0.243 e. The number of carbonyl (C=O) groups excluding carboxylic acids is 2. The lowest BCUT2D eigenvalue weighted by Gasteiger charge is -2.17. The fourth-order valence-electron chi connectivity index (χ4n) is 1.51. The third kappa shape index (κ3) is 6.30. The van der Waals surface area contributed by atoms with E-state index in [1.165, 1.54) is 18.7 Å². The minimum absolute atomic E-state index is 0.150. The van der Waals surface area contributed by atoms with Crippen LogP contribution >= 0.6 is 23.4 Å². The molecule has 1 unspecified atom stereocenters. The van der Waals surface area contributed by atoms with Gasteiger partial charge in [-0.25, -0.2) is 0 Å². The molecule has 1 rings (SSSR count). The van der Waals surface area contributed by atoms with Crippen molar-refractivity contribution >= 4 is 35.2 Å². The lowest BCUT2D eigenvalue weighted by Crippen LogP contribution is -2.47. The fourth-order valence-corrected chi connectivity index (χ4v) is 2.56. The van der Waals surface area contributed by atoms with Crippen LogP contribution in [-0.4, -0.2) is 30.2 Å². The molecule has 0 spiro atoms. The van der Waals surface area contributed by atoms with Crippen LogP contribution in [0.5, 0.6) is 0 Å². The Morgan fingerprint density at radius 3 is 2.50 bits per heavy atom. The Hall–Kier alpha value is -1.20. The molecule has 0 aliphatic heterocycles. The molecular formula is C14H19ClN2O2S. The van der Waals surface area contributed by atoms with Crippen molar-refractivity contribution in [1.29, 1.82) is 0 Å². The second-order valence-electron chi connectivity index (χ2n) is 4.31. The standard InChI is InChI=1S/C14H19ClN2O2S/c1-3-8-16-14(19)13(17-10(2)18)9-20-12-6-4-11(15)5-7-12/h4-7,13H,3,8-9H2,1-2H3,(H,16,19)(H,17,18). The van der Waals surface area contributed by atoms with Crippen molar-refractivity contribution in [2.45, 2.75) is 31.2 Å². The first-order valence-corrected chi connectivity index (χ1v) is 7.82. The molecule has 0 bridgehead atoms. The second kappa shape index (κ2) is 8.87. The molecule has 4 nitrogen and oxygen atoms in total. The van der Waals surface area contributed by atoms with Gasteiger partial charge >= 0.3 is 0 Å². The van der Waals surface area contributed by atoms with Crippen LogP contribution in [0.25, 0.3) is 0 Å². The van der Waals surface area contributed by atoms with Crippen molar-refractivity contribution in [2.75, 3.05) is 12.3 Å². The van der Waals surface area contributed by atoms with Crippen molar-refractivity contribution in [2.24, 2.45) is 0 Å². The molecule has 1 aromatic carbocycles. The maximum Gasteiger partial charge on any atom is 0.243 e. The zero-order valence-electron chi connectivity index (χ0n) is 11.6. The third-order valence-corrected chi connectivity index (χ3v) is 3.83. The SMILES string of the molecule is CCCNC(=O)C(CSc1ccc(Cl)cc1)NC(C)=O. The summed E-state index contributed by atoms with van der Waals surface area (Å²) < 4.78 is 0. The molecule has 0 saturated heterocycles. The van der Waals surface area contributed by atoms with E-state index in [1.807, 2.05) is 19.1 Å². The summed E-state index contributed by atoms with van der Waals surface area (Å²) in [4.78, 5) is 24.1. The average Bonchev–Trinajstić information content (AvgIpc) is 2.42. The molecule has 0 saturated carbocycles. The second-order valence-corrected chi connectivity index (χ2v) is 5.84. The van der Waals surface area contributed by atoms with Gasteiger partial charge in [-0.3, -0.25) is 9.59 Å². The summed E-state index contributed by atoms with van der Waals surface area (Å²) in [5.74, 6) is 0.124. The Morgan fingerprint density at radius 1 is 1.30 bits per heavy atom. The van der Waals surface area contributed by atoms with E-state index in [4.69, 9.17) is 11.6 Å². The Morgan fingerprint density at radius 2 is 1.95 bits per heavy atom. The first kappa shape index (κ1) is 16.9. The number of thioether (sulfide) groups is 1. The number of nitrogens with one attached hydrogen (secondary N) is 2. The highest BCUT2D eigenvalue weighted by Gasteiger charge is 2.19. The van der Waals surface area contributed by atoms with Crippen LogP contribution < -0.4 is 10.6 Å². The molecule has 0 heterocycles. The molecule has 1 aromatic rings. The first-order chi connectivity index (χ1) is 9.52. The van der Waals surface area contributed by atoms with Gasteiger partial charge in [0.05, 0.1) is 0 Å². The van der Waals surface area contributed by atoms with Crippen molar-refractivity contribution in [1.82, 2.24) is 10.6 Å². The fraction of sp³-hybridized carbons (Fsp3) is 0.429. The van der Waals surface area contributed by atoms with Gasteiger partial charge in [0.2, 0.25) is 11.8 Å². The van der Waals surface area contributed by atoms with Crippen LogP contribution in [0.15, 0.2) is 29.2 Å². The van der Waals surface area contributed by atoms with Crippen molar-refractivity contribution in [3.63, 3.8) is 0 Å². The molecule has 0 fully saturated rings. The molecule has 0 aromatic heterocycles. The largest absolute Gasteiger partial charge is 0.354 e. The van der Waals surface area contributed by atoms with E-state index in [-0.39, 0.29) is 11.8 Å². The average molecular weight is 315 g/mol. The molecule has 1 atom stereocenters. The van der Waals surface area contributed by atoms with Gasteiger partial charge in [-0.15, -0.1) is 11.8 Å². The van der Waals surface area contributed by atoms with Crippen LogP contribution in [0, 0.1) is 0 Å². The van der Waals surface area contributed by atoms with Gasteiger partial charge in [-0.05, 0) is 30.7 Å². The monoisotopic (exact) mass is 314 g/mol. The summed E-state index contributed by atoms with van der Waals surface area (Å²) in [5, 5.41) is 6.14. The normalized spacial score (nSPS) is 11.8. The van der Waals surface area contributed by atoms with Gasteiger partial charge in [0.1, 0.15) is 6.04 Å². The van der Waals surface area contributed by atoms with E-state index in [0.29, 0.717) is 17.3 Å². The Balaban J connectivity index is 2.57. The van der Waals surface area contributed by atoms with E-state index in [0.717, 1.165) is 11.3 Å². The minimum atomic E-state index is -0.528. The maximum absolute atomic E-state index is 12.0. The van der Waals surface area contributed by atoms with E-state index in [9.17, 15) is 9.59 Å². The van der Waals surface area contributed by atoms with E-state index in [1.54, 1.807) is 12.1 Å². The molecule has 0 radical (unpaired) electrons. The quantitative estimate of drug-likeness (QED) is 0.760. The Kier molecular flexibility index (Phi) is 7.47. The van der Waals surface area contributed by atoms with Crippen molar-refractivity contribution in [3.05, 3.63) is 29.3 Å². The van der Waals surface area contributed by atoms with Gasteiger partial charge in [-0.1, -0.05) is 18.5 Å². The lowest BCUT2D eigenvalue weighted by atomic mass is 10.3. The number of amides is 2. The minimum Gasteiger partial charge on any atom is -0.354 e.